The normalized spacial score (nSPS) is 23.9. The molecule has 1 N–H and O–H groups in total. The lowest BCUT2D eigenvalue weighted by Gasteiger charge is -2.23. The first kappa shape index (κ1) is 10.8. The summed E-state index contributed by atoms with van der Waals surface area (Å²) in [5, 5.41) is 3.16. The van der Waals surface area contributed by atoms with Gasteiger partial charge in [-0.25, -0.2) is 4.79 Å². The van der Waals surface area contributed by atoms with Gasteiger partial charge < -0.3 is 10.2 Å². The molecular weight excluding hydrogens is 188 g/mol. The lowest BCUT2D eigenvalue weighted by Crippen LogP contribution is -2.44. The fourth-order valence-electron chi connectivity index (χ4n) is 2.61. The molecule has 3 heteroatoms. The molecule has 86 valence electrons. The summed E-state index contributed by atoms with van der Waals surface area (Å²) in [5.74, 6) is 0. The van der Waals surface area contributed by atoms with Crippen LogP contribution in [0.1, 0.15) is 51.4 Å². The minimum atomic E-state index is 0.184. The topological polar surface area (TPSA) is 32.3 Å². The van der Waals surface area contributed by atoms with Crippen molar-refractivity contribution in [1.29, 1.82) is 0 Å². The Morgan fingerprint density at radius 3 is 2.13 bits per heavy atom. The molecule has 2 amide bonds. The van der Waals surface area contributed by atoms with Gasteiger partial charge in [0.2, 0.25) is 0 Å². The van der Waals surface area contributed by atoms with Gasteiger partial charge in [0.25, 0.3) is 0 Å². The number of rotatable bonds is 1. The zero-order chi connectivity index (χ0) is 10.5. The molecule has 0 aromatic heterocycles. The molecular formula is C12H22N2O. The van der Waals surface area contributed by atoms with Crippen molar-refractivity contribution in [1.82, 2.24) is 10.2 Å². The first-order chi connectivity index (χ1) is 7.36. The van der Waals surface area contributed by atoms with Gasteiger partial charge in [0.15, 0.2) is 0 Å². The van der Waals surface area contributed by atoms with Crippen molar-refractivity contribution in [2.24, 2.45) is 0 Å². The van der Waals surface area contributed by atoms with Crippen LogP contribution in [0.3, 0.4) is 0 Å². The molecule has 0 unspecified atom stereocenters. The van der Waals surface area contributed by atoms with E-state index in [4.69, 9.17) is 0 Å². The molecule has 0 bridgehead atoms. The number of hydrogen-bond donors (Lipinski definition) is 1. The van der Waals surface area contributed by atoms with E-state index >= 15 is 0 Å². The predicted octanol–water partition coefficient (Wildman–Crippen LogP) is 2.51. The molecule has 1 heterocycles. The Kier molecular flexibility index (Phi) is 3.87. The molecule has 3 nitrogen and oxygen atoms in total. The van der Waals surface area contributed by atoms with Crippen LogP contribution < -0.4 is 5.32 Å². The maximum atomic E-state index is 11.9. The molecule has 2 rings (SSSR count). The molecule has 15 heavy (non-hydrogen) atoms. The average Bonchev–Trinajstić information content (AvgIpc) is 2.58. The van der Waals surface area contributed by atoms with E-state index in [1.165, 1.54) is 51.4 Å². The quantitative estimate of drug-likeness (QED) is 0.708. The summed E-state index contributed by atoms with van der Waals surface area (Å²) in [6.45, 7) is 1.91. The van der Waals surface area contributed by atoms with E-state index in [1.807, 2.05) is 4.90 Å². The van der Waals surface area contributed by atoms with Gasteiger partial charge in [0.05, 0.1) is 0 Å². The highest BCUT2D eigenvalue weighted by atomic mass is 16.2. The summed E-state index contributed by atoms with van der Waals surface area (Å²) in [7, 11) is 0. The number of carbonyl (C=O) groups excluding carboxylic acids is 1. The van der Waals surface area contributed by atoms with Crippen molar-refractivity contribution < 1.29 is 4.79 Å². The Morgan fingerprint density at radius 2 is 1.53 bits per heavy atom. The highest BCUT2D eigenvalue weighted by molar-refractivity contribution is 5.74. The van der Waals surface area contributed by atoms with Crippen LogP contribution in [0.5, 0.6) is 0 Å². The summed E-state index contributed by atoms with van der Waals surface area (Å²) in [5.41, 5.74) is 0. The zero-order valence-electron chi connectivity index (χ0n) is 9.50. The van der Waals surface area contributed by atoms with Crippen molar-refractivity contribution in [2.75, 3.05) is 13.1 Å². The molecule has 1 saturated heterocycles. The zero-order valence-corrected chi connectivity index (χ0v) is 9.50. The molecule has 0 spiro atoms. The van der Waals surface area contributed by atoms with Gasteiger partial charge in [0, 0.05) is 19.1 Å². The van der Waals surface area contributed by atoms with E-state index < -0.39 is 0 Å². The van der Waals surface area contributed by atoms with Crippen LogP contribution in [0.4, 0.5) is 4.79 Å². The summed E-state index contributed by atoms with van der Waals surface area (Å²) < 4.78 is 0. The van der Waals surface area contributed by atoms with Gasteiger partial charge in [0.1, 0.15) is 0 Å². The third-order valence-corrected chi connectivity index (χ3v) is 3.58. The minimum Gasteiger partial charge on any atom is -0.335 e. The molecule has 2 aliphatic rings. The van der Waals surface area contributed by atoms with Crippen LogP contribution in [0, 0.1) is 0 Å². The Morgan fingerprint density at radius 1 is 0.933 bits per heavy atom. The molecule has 0 aromatic rings. The number of nitrogens with zero attached hydrogens (tertiary/aromatic N) is 1. The lowest BCUT2D eigenvalue weighted by atomic mass is 10.2. The monoisotopic (exact) mass is 210 g/mol. The van der Waals surface area contributed by atoms with Crippen LogP contribution >= 0.6 is 0 Å². The Labute approximate surface area is 92.2 Å². The van der Waals surface area contributed by atoms with Crippen molar-refractivity contribution in [3.8, 4) is 0 Å². The second kappa shape index (κ2) is 5.38. The van der Waals surface area contributed by atoms with Crippen LogP contribution in [-0.4, -0.2) is 30.1 Å². The molecule has 1 saturated carbocycles. The van der Waals surface area contributed by atoms with E-state index in [0.29, 0.717) is 6.04 Å². The van der Waals surface area contributed by atoms with E-state index in [2.05, 4.69) is 5.32 Å². The predicted molar refractivity (Wildman–Crippen MR) is 60.8 cm³/mol. The molecule has 0 atom stereocenters. The number of nitrogens with one attached hydrogen (secondary N) is 1. The molecule has 0 radical (unpaired) electrons. The Balaban J connectivity index is 1.77. The summed E-state index contributed by atoms with van der Waals surface area (Å²) in [4.78, 5) is 13.9. The van der Waals surface area contributed by atoms with Gasteiger partial charge >= 0.3 is 6.03 Å². The SMILES string of the molecule is O=C(NC1CCCC1)N1CCCCCC1. The highest BCUT2D eigenvalue weighted by Crippen LogP contribution is 2.18. The van der Waals surface area contributed by atoms with Gasteiger partial charge in [-0.05, 0) is 25.7 Å². The van der Waals surface area contributed by atoms with Gasteiger partial charge in [-0.3, -0.25) is 0 Å². The summed E-state index contributed by atoms with van der Waals surface area (Å²) in [6.07, 6.45) is 9.85. The smallest absolute Gasteiger partial charge is 0.317 e. The fraction of sp³-hybridized carbons (Fsp3) is 0.917. The van der Waals surface area contributed by atoms with Gasteiger partial charge in [-0.1, -0.05) is 25.7 Å². The van der Waals surface area contributed by atoms with Crippen molar-refractivity contribution in [2.45, 2.75) is 57.4 Å². The van der Waals surface area contributed by atoms with E-state index in [9.17, 15) is 4.79 Å². The maximum absolute atomic E-state index is 11.9. The third kappa shape index (κ3) is 3.11. The standard InChI is InChI=1S/C12H22N2O/c15-12(13-11-7-3-4-8-11)14-9-5-1-2-6-10-14/h11H,1-10H2,(H,13,15). The molecule has 1 aliphatic heterocycles. The van der Waals surface area contributed by atoms with Crippen LogP contribution in [0.2, 0.25) is 0 Å². The van der Waals surface area contributed by atoms with Crippen molar-refractivity contribution >= 4 is 6.03 Å². The average molecular weight is 210 g/mol. The van der Waals surface area contributed by atoms with Gasteiger partial charge in [-0.15, -0.1) is 0 Å². The maximum Gasteiger partial charge on any atom is 0.317 e. The minimum absolute atomic E-state index is 0.184. The largest absolute Gasteiger partial charge is 0.335 e. The first-order valence-corrected chi connectivity index (χ1v) is 6.42. The third-order valence-electron chi connectivity index (χ3n) is 3.58. The van der Waals surface area contributed by atoms with Crippen molar-refractivity contribution in [3.63, 3.8) is 0 Å². The second-order valence-electron chi connectivity index (χ2n) is 4.83. The van der Waals surface area contributed by atoms with E-state index in [0.717, 1.165) is 13.1 Å². The number of hydrogen-bond acceptors (Lipinski definition) is 1. The highest BCUT2D eigenvalue weighted by Gasteiger charge is 2.21. The number of carbonyl (C=O) groups is 1. The van der Waals surface area contributed by atoms with Crippen LogP contribution in [0.15, 0.2) is 0 Å². The molecule has 2 fully saturated rings. The first-order valence-electron chi connectivity index (χ1n) is 6.42. The van der Waals surface area contributed by atoms with Crippen LogP contribution in [0.25, 0.3) is 0 Å². The van der Waals surface area contributed by atoms with E-state index in [1.54, 1.807) is 0 Å². The molecule has 0 aromatic carbocycles. The second-order valence-corrected chi connectivity index (χ2v) is 4.83. The number of urea groups is 1. The summed E-state index contributed by atoms with van der Waals surface area (Å²) >= 11 is 0. The van der Waals surface area contributed by atoms with Crippen molar-refractivity contribution in [3.05, 3.63) is 0 Å². The number of amides is 2. The Hall–Kier alpha value is -0.730. The van der Waals surface area contributed by atoms with Crippen LogP contribution in [-0.2, 0) is 0 Å². The Bertz CT molecular complexity index is 204. The molecule has 1 aliphatic carbocycles. The summed E-state index contributed by atoms with van der Waals surface area (Å²) in [6, 6.07) is 0.643. The number of likely N-dealkylation sites (tertiary alicyclic amines) is 1. The van der Waals surface area contributed by atoms with E-state index in [-0.39, 0.29) is 6.03 Å². The fourth-order valence-corrected chi connectivity index (χ4v) is 2.61. The van der Waals surface area contributed by atoms with Gasteiger partial charge in [-0.2, -0.15) is 0 Å². The lowest BCUT2D eigenvalue weighted by molar-refractivity contribution is 0.196.